The lowest BCUT2D eigenvalue weighted by Crippen LogP contribution is -1.87. The Bertz CT molecular complexity index is 1020. The Labute approximate surface area is 116 Å². The highest BCUT2D eigenvalue weighted by molar-refractivity contribution is 6.23. The Morgan fingerprint density at radius 2 is 1.55 bits per heavy atom. The predicted molar refractivity (Wildman–Crippen MR) is 86.0 cm³/mol. The van der Waals surface area contributed by atoms with E-state index in [-0.39, 0.29) is 0 Å². The van der Waals surface area contributed by atoms with Gasteiger partial charge in [-0.25, -0.2) is 0 Å². The normalized spacial score (nSPS) is 13.6. The predicted octanol–water partition coefficient (Wildman–Crippen LogP) is 5.04. The number of rotatable bonds is 0. The van der Waals surface area contributed by atoms with E-state index in [0.717, 1.165) is 6.42 Å². The monoisotopic (exact) mass is 255 g/mol. The van der Waals surface area contributed by atoms with E-state index < -0.39 is 0 Å². The Balaban J connectivity index is 2.18. The van der Waals surface area contributed by atoms with Crippen LogP contribution in [0.4, 0.5) is 0 Å². The summed E-state index contributed by atoms with van der Waals surface area (Å²) in [6.45, 7) is 0. The number of para-hydroxylation sites is 1. The molecule has 1 aliphatic carbocycles. The molecule has 1 aliphatic rings. The Morgan fingerprint density at radius 1 is 0.800 bits per heavy atom. The van der Waals surface area contributed by atoms with Crippen LogP contribution >= 0.6 is 0 Å². The molecule has 0 fully saturated rings. The molecule has 0 radical (unpaired) electrons. The van der Waals surface area contributed by atoms with Crippen molar-refractivity contribution in [1.82, 2.24) is 4.98 Å². The molecule has 1 aromatic heterocycles. The highest BCUT2D eigenvalue weighted by Gasteiger charge is 2.17. The molecule has 3 aromatic carbocycles. The fraction of sp³-hybridized carbons (Fsp3) is 0.0526. The minimum Gasteiger partial charge on any atom is -0.354 e. The molecule has 1 nitrogen and oxygen atoms in total. The molecule has 0 saturated carbocycles. The first kappa shape index (κ1) is 10.3. The van der Waals surface area contributed by atoms with Crippen molar-refractivity contribution in [2.75, 3.05) is 0 Å². The van der Waals surface area contributed by atoms with Crippen LogP contribution in [0.5, 0.6) is 0 Å². The lowest BCUT2D eigenvalue weighted by molar-refractivity contribution is 1.33. The average molecular weight is 255 g/mol. The van der Waals surface area contributed by atoms with Gasteiger partial charge in [-0.2, -0.15) is 0 Å². The van der Waals surface area contributed by atoms with Gasteiger partial charge in [-0.15, -0.1) is 0 Å². The molecule has 0 spiro atoms. The molecule has 1 heteroatoms. The second-order valence-electron chi connectivity index (χ2n) is 5.46. The van der Waals surface area contributed by atoms with E-state index in [0.29, 0.717) is 0 Å². The number of H-pyrrole nitrogens is 1. The molecule has 0 atom stereocenters. The maximum absolute atomic E-state index is 3.63. The van der Waals surface area contributed by atoms with Crippen molar-refractivity contribution in [3.05, 3.63) is 65.7 Å². The van der Waals surface area contributed by atoms with Crippen molar-refractivity contribution >= 4 is 38.7 Å². The van der Waals surface area contributed by atoms with Crippen molar-refractivity contribution < 1.29 is 0 Å². The van der Waals surface area contributed by atoms with Gasteiger partial charge in [0.2, 0.25) is 0 Å². The zero-order chi connectivity index (χ0) is 13.1. The van der Waals surface area contributed by atoms with Crippen LogP contribution in [-0.2, 0) is 6.42 Å². The number of fused-ring (bicyclic) bond motifs is 8. The first-order valence-electron chi connectivity index (χ1n) is 7.04. The van der Waals surface area contributed by atoms with Gasteiger partial charge in [-0.05, 0) is 34.4 Å². The molecule has 1 heterocycles. The van der Waals surface area contributed by atoms with Crippen LogP contribution in [-0.4, -0.2) is 4.98 Å². The fourth-order valence-corrected chi connectivity index (χ4v) is 3.58. The smallest absolute Gasteiger partial charge is 0.0513 e. The lowest BCUT2D eigenvalue weighted by Gasteiger charge is -2.08. The number of benzene rings is 3. The minimum atomic E-state index is 1.03. The maximum atomic E-state index is 3.63. The molecule has 1 N–H and O–H groups in total. The molecule has 20 heavy (non-hydrogen) atoms. The number of hydrogen-bond acceptors (Lipinski definition) is 0. The minimum absolute atomic E-state index is 1.03. The van der Waals surface area contributed by atoms with Crippen LogP contribution in [0.3, 0.4) is 0 Å². The molecule has 0 amide bonds. The first-order valence-corrected chi connectivity index (χ1v) is 7.04. The number of aromatic amines is 1. The topological polar surface area (TPSA) is 15.8 Å². The molecule has 0 bridgehead atoms. The Morgan fingerprint density at radius 3 is 2.45 bits per heavy atom. The quantitative estimate of drug-likeness (QED) is 0.453. The summed E-state index contributed by atoms with van der Waals surface area (Å²) < 4.78 is 0. The zero-order valence-corrected chi connectivity index (χ0v) is 11.0. The lowest BCUT2D eigenvalue weighted by atomic mass is 9.96. The Hall–Kier alpha value is -2.54. The van der Waals surface area contributed by atoms with Crippen molar-refractivity contribution in [3.63, 3.8) is 0 Å². The van der Waals surface area contributed by atoms with E-state index in [9.17, 15) is 0 Å². The number of nitrogens with one attached hydrogen (secondary N) is 1. The van der Waals surface area contributed by atoms with Crippen LogP contribution < -0.4 is 0 Å². The summed E-state index contributed by atoms with van der Waals surface area (Å²) in [6, 6.07) is 17.3. The van der Waals surface area contributed by atoms with E-state index in [2.05, 4.69) is 65.7 Å². The first-order chi connectivity index (χ1) is 9.93. The molecule has 5 rings (SSSR count). The largest absolute Gasteiger partial charge is 0.354 e. The number of aromatic nitrogens is 1. The highest BCUT2D eigenvalue weighted by atomic mass is 14.7. The third-order valence-electron chi connectivity index (χ3n) is 4.43. The third-order valence-corrected chi connectivity index (χ3v) is 4.43. The van der Waals surface area contributed by atoms with Crippen LogP contribution in [0, 0.1) is 0 Å². The molecule has 94 valence electrons. The van der Waals surface area contributed by atoms with Crippen LogP contribution in [0.2, 0.25) is 0 Å². The second kappa shape index (κ2) is 3.51. The number of hydrogen-bond donors (Lipinski definition) is 1. The molecular weight excluding hydrogens is 242 g/mol. The summed E-state index contributed by atoms with van der Waals surface area (Å²) in [7, 11) is 0. The molecule has 0 unspecified atom stereocenters. The van der Waals surface area contributed by atoms with E-state index in [1.807, 2.05) is 0 Å². The van der Waals surface area contributed by atoms with Gasteiger partial charge < -0.3 is 4.98 Å². The summed E-state index contributed by atoms with van der Waals surface area (Å²) in [5, 5.41) is 5.42. The Kier molecular flexibility index (Phi) is 1.80. The van der Waals surface area contributed by atoms with Gasteiger partial charge in [0.1, 0.15) is 0 Å². The van der Waals surface area contributed by atoms with Crippen molar-refractivity contribution in [3.8, 4) is 0 Å². The van der Waals surface area contributed by atoms with Crippen molar-refractivity contribution in [1.29, 1.82) is 0 Å². The summed E-state index contributed by atoms with van der Waals surface area (Å²) in [6.07, 6.45) is 5.56. The van der Waals surface area contributed by atoms with Gasteiger partial charge in [-0.3, -0.25) is 0 Å². The summed E-state index contributed by atoms with van der Waals surface area (Å²) >= 11 is 0. The summed E-state index contributed by atoms with van der Waals surface area (Å²) in [4.78, 5) is 3.63. The van der Waals surface area contributed by atoms with E-state index >= 15 is 0 Å². The standard InChI is InChI=1S/C19H13N/c1-2-7-14-12(6-1)13-9-5-10-15(13)19-18(14)16-8-3-4-11-17(16)20-19/h1-9,11,20H,10H2. The summed E-state index contributed by atoms with van der Waals surface area (Å²) in [5.41, 5.74) is 5.37. The SMILES string of the molecule is C1=Cc2c(c3[nH]c4ccccc4c3c3ccccc23)C1. The number of allylic oxidation sites excluding steroid dienone is 1. The fourth-order valence-electron chi connectivity index (χ4n) is 3.58. The van der Waals surface area contributed by atoms with Crippen molar-refractivity contribution in [2.24, 2.45) is 0 Å². The van der Waals surface area contributed by atoms with E-state index in [1.165, 1.54) is 43.7 Å². The van der Waals surface area contributed by atoms with Gasteiger partial charge in [0.25, 0.3) is 0 Å². The molecule has 4 aromatic rings. The summed E-state index contributed by atoms with van der Waals surface area (Å²) in [5.74, 6) is 0. The van der Waals surface area contributed by atoms with E-state index in [4.69, 9.17) is 0 Å². The van der Waals surface area contributed by atoms with Crippen LogP contribution in [0.15, 0.2) is 54.6 Å². The van der Waals surface area contributed by atoms with E-state index in [1.54, 1.807) is 0 Å². The third kappa shape index (κ3) is 1.13. The van der Waals surface area contributed by atoms with Gasteiger partial charge in [0.15, 0.2) is 0 Å². The van der Waals surface area contributed by atoms with Gasteiger partial charge in [0, 0.05) is 16.3 Å². The van der Waals surface area contributed by atoms with Gasteiger partial charge >= 0.3 is 0 Å². The van der Waals surface area contributed by atoms with Crippen LogP contribution in [0.25, 0.3) is 38.7 Å². The zero-order valence-electron chi connectivity index (χ0n) is 11.0. The molecule has 0 saturated heterocycles. The van der Waals surface area contributed by atoms with Crippen molar-refractivity contribution in [2.45, 2.75) is 6.42 Å². The molecular formula is C19H13N. The van der Waals surface area contributed by atoms with Gasteiger partial charge in [0.05, 0.1) is 5.52 Å². The second-order valence-corrected chi connectivity index (χ2v) is 5.46. The molecule has 0 aliphatic heterocycles. The maximum Gasteiger partial charge on any atom is 0.0513 e. The van der Waals surface area contributed by atoms with Crippen LogP contribution in [0.1, 0.15) is 11.1 Å². The highest BCUT2D eigenvalue weighted by Crippen LogP contribution is 2.39. The van der Waals surface area contributed by atoms with Gasteiger partial charge in [-0.1, -0.05) is 54.6 Å². The average Bonchev–Trinajstić information content (AvgIpc) is 3.12.